The summed E-state index contributed by atoms with van der Waals surface area (Å²) < 4.78 is 22.4. The molecule has 0 radical (unpaired) electrons. The molecular formula is C14H20N2O3S. The molecule has 110 valence electrons. The Kier molecular flexibility index (Phi) is 4.45. The number of rotatable bonds is 4. The summed E-state index contributed by atoms with van der Waals surface area (Å²) >= 11 is 0. The summed E-state index contributed by atoms with van der Waals surface area (Å²) in [5.74, 6) is -0.183. The molecule has 0 saturated heterocycles. The summed E-state index contributed by atoms with van der Waals surface area (Å²) in [4.78, 5) is 12.1. The zero-order valence-electron chi connectivity index (χ0n) is 11.7. The topological polar surface area (TPSA) is 75.3 Å². The van der Waals surface area contributed by atoms with Gasteiger partial charge in [-0.2, -0.15) is 0 Å². The van der Waals surface area contributed by atoms with Crippen molar-refractivity contribution < 1.29 is 13.2 Å². The van der Waals surface area contributed by atoms with Crippen molar-refractivity contribution >= 4 is 15.7 Å². The molecule has 2 unspecified atom stereocenters. The van der Waals surface area contributed by atoms with Gasteiger partial charge in [0.2, 0.25) is 5.91 Å². The Hall–Kier alpha value is -1.40. The van der Waals surface area contributed by atoms with E-state index in [1.807, 2.05) is 24.3 Å². The van der Waals surface area contributed by atoms with Crippen LogP contribution < -0.4 is 10.6 Å². The Morgan fingerprint density at radius 2 is 2.05 bits per heavy atom. The number of hydrogen-bond donors (Lipinski definition) is 2. The minimum absolute atomic E-state index is 0.0396. The minimum Gasteiger partial charge on any atom is -0.351 e. The second-order valence-corrected chi connectivity index (χ2v) is 7.59. The van der Waals surface area contributed by atoms with Crippen molar-refractivity contribution in [3.05, 3.63) is 35.4 Å². The van der Waals surface area contributed by atoms with Gasteiger partial charge in [0.1, 0.15) is 9.84 Å². The average molecular weight is 296 g/mol. The zero-order chi connectivity index (χ0) is 14.8. The van der Waals surface area contributed by atoms with E-state index in [0.29, 0.717) is 13.0 Å². The molecule has 20 heavy (non-hydrogen) atoms. The fourth-order valence-electron chi connectivity index (χ4n) is 2.48. The number of hydrogen-bond acceptors (Lipinski definition) is 4. The van der Waals surface area contributed by atoms with Crippen LogP contribution in [0, 0.1) is 0 Å². The van der Waals surface area contributed by atoms with Gasteiger partial charge in [0, 0.05) is 18.8 Å². The molecule has 2 N–H and O–H groups in total. The first-order chi connectivity index (χ1) is 9.35. The maximum absolute atomic E-state index is 12.1. The third kappa shape index (κ3) is 4.05. The lowest BCUT2D eigenvalue weighted by atomic mass is 9.95. The van der Waals surface area contributed by atoms with Crippen LogP contribution in [-0.2, 0) is 27.6 Å². The molecule has 1 aliphatic rings. The van der Waals surface area contributed by atoms with Crippen molar-refractivity contribution in [2.24, 2.45) is 0 Å². The highest BCUT2D eigenvalue weighted by Gasteiger charge is 2.25. The smallest absolute Gasteiger partial charge is 0.237 e. The molecule has 2 atom stereocenters. The number of benzene rings is 1. The first-order valence-electron chi connectivity index (χ1n) is 6.63. The van der Waals surface area contributed by atoms with E-state index >= 15 is 0 Å². The van der Waals surface area contributed by atoms with E-state index < -0.39 is 9.84 Å². The van der Waals surface area contributed by atoms with Crippen LogP contribution in [0.15, 0.2) is 24.3 Å². The molecule has 1 amide bonds. The number of sulfone groups is 1. The molecule has 6 heteroatoms. The van der Waals surface area contributed by atoms with Crippen molar-refractivity contribution in [2.75, 3.05) is 12.0 Å². The van der Waals surface area contributed by atoms with Gasteiger partial charge in [0.25, 0.3) is 0 Å². The summed E-state index contributed by atoms with van der Waals surface area (Å²) in [6.07, 6.45) is 1.80. The van der Waals surface area contributed by atoms with Crippen LogP contribution >= 0.6 is 0 Å². The highest BCUT2D eigenvalue weighted by molar-refractivity contribution is 7.90. The van der Waals surface area contributed by atoms with Gasteiger partial charge in [0.15, 0.2) is 0 Å². The van der Waals surface area contributed by atoms with E-state index in [-0.39, 0.29) is 23.7 Å². The molecule has 2 rings (SSSR count). The van der Waals surface area contributed by atoms with Crippen LogP contribution in [0.3, 0.4) is 0 Å². The Balaban J connectivity index is 1.95. The summed E-state index contributed by atoms with van der Waals surface area (Å²) in [5.41, 5.74) is 2.38. The van der Waals surface area contributed by atoms with Crippen molar-refractivity contribution in [1.82, 2.24) is 10.6 Å². The van der Waals surface area contributed by atoms with Crippen molar-refractivity contribution in [3.8, 4) is 0 Å². The highest BCUT2D eigenvalue weighted by Crippen LogP contribution is 2.16. The first-order valence-corrected chi connectivity index (χ1v) is 8.69. The average Bonchev–Trinajstić information content (AvgIpc) is 2.35. The van der Waals surface area contributed by atoms with Crippen LogP contribution in [0.4, 0.5) is 0 Å². The third-order valence-corrected chi connectivity index (χ3v) is 4.44. The van der Waals surface area contributed by atoms with Gasteiger partial charge in [-0.25, -0.2) is 8.42 Å². The molecule has 0 aliphatic carbocycles. The number of carbonyl (C=O) groups excluding carboxylic acids is 1. The fourth-order valence-corrected chi connectivity index (χ4v) is 3.47. The van der Waals surface area contributed by atoms with Crippen molar-refractivity contribution in [3.63, 3.8) is 0 Å². The van der Waals surface area contributed by atoms with Crippen LogP contribution in [-0.4, -0.2) is 38.4 Å². The predicted molar refractivity (Wildman–Crippen MR) is 78.1 cm³/mol. The molecule has 0 aromatic heterocycles. The second-order valence-electron chi connectivity index (χ2n) is 5.41. The van der Waals surface area contributed by atoms with E-state index in [9.17, 15) is 13.2 Å². The van der Waals surface area contributed by atoms with Crippen LogP contribution in [0.5, 0.6) is 0 Å². The maximum Gasteiger partial charge on any atom is 0.237 e. The standard InChI is InChI=1S/C14H20N2O3S/c1-10(9-20(2,18)19)16-14(17)13-7-11-5-3-4-6-12(11)8-15-13/h3-6,10,13,15H,7-9H2,1-2H3,(H,16,17). The maximum atomic E-state index is 12.1. The predicted octanol–water partition coefficient (Wildman–Crippen LogP) is 0.250. The summed E-state index contributed by atoms with van der Waals surface area (Å²) in [5, 5.41) is 5.94. The number of carbonyl (C=O) groups is 1. The Morgan fingerprint density at radius 1 is 1.40 bits per heavy atom. The normalized spacial score (nSPS) is 20.0. The van der Waals surface area contributed by atoms with Gasteiger partial charge in [-0.05, 0) is 24.5 Å². The van der Waals surface area contributed by atoms with Gasteiger partial charge in [0.05, 0.1) is 11.8 Å². The molecule has 0 bridgehead atoms. The monoisotopic (exact) mass is 296 g/mol. The zero-order valence-corrected chi connectivity index (χ0v) is 12.5. The molecule has 0 fully saturated rings. The second kappa shape index (κ2) is 5.93. The summed E-state index contributed by atoms with van der Waals surface area (Å²) in [6, 6.07) is 7.34. The number of nitrogens with one attached hydrogen (secondary N) is 2. The SMILES string of the molecule is CC(CS(C)(=O)=O)NC(=O)C1Cc2ccccc2CN1. The van der Waals surface area contributed by atoms with E-state index in [1.54, 1.807) is 6.92 Å². The van der Waals surface area contributed by atoms with Gasteiger partial charge in [-0.1, -0.05) is 24.3 Å². The summed E-state index contributed by atoms with van der Waals surface area (Å²) in [7, 11) is -3.08. The highest BCUT2D eigenvalue weighted by atomic mass is 32.2. The number of amides is 1. The molecule has 1 heterocycles. The van der Waals surface area contributed by atoms with Crippen molar-refractivity contribution in [1.29, 1.82) is 0 Å². The van der Waals surface area contributed by atoms with Gasteiger partial charge >= 0.3 is 0 Å². The third-order valence-electron chi connectivity index (χ3n) is 3.34. The molecule has 1 aliphatic heterocycles. The van der Waals surface area contributed by atoms with E-state index in [1.165, 1.54) is 17.4 Å². The van der Waals surface area contributed by atoms with Crippen LogP contribution in [0.2, 0.25) is 0 Å². The molecule has 1 aromatic rings. The summed E-state index contributed by atoms with van der Waals surface area (Å²) in [6.45, 7) is 2.37. The molecule has 1 aromatic carbocycles. The van der Waals surface area contributed by atoms with Crippen molar-refractivity contribution in [2.45, 2.75) is 32.0 Å². The molecule has 5 nitrogen and oxygen atoms in total. The fraction of sp³-hybridized carbons (Fsp3) is 0.500. The lowest BCUT2D eigenvalue weighted by molar-refractivity contribution is -0.123. The minimum atomic E-state index is -3.08. The van der Waals surface area contributed by atoms with Gasteiger partial charge in [-0.15, -0.1) is 0 Å². The van der Waals surface area contributed by atoms with Crippen LogP contribution in [0.1, 0.15) is 18.1 Å². The van der Waals surface area contributed by atoms with Gasteiger partial charge in [-0.3, -0.25) is 4.79 Å². The van der Waals surface area contributed by atoms with E-state index in [0.717, 1.165) is 0 Å². The largest absolute Gasteiger partial charge is 0.351 e. The Labute approximate surface area is 119 Å². The lowest BCUT2D eigenvalue weighted by Crippen LogP contribution is -2.51. The molecule has 0 spiro atoms. The lowest BCUT2D eigenvalue weighted by Gasteiger charge is -2.26. The molecule has 0 saturated carbocycles. The Morgan fingerprint density at radius 3 is 2.70 bits per heavy atom. The Bertz CT molecular complexity index is 598. The van der Waals surface area contributed by atoms with E-state index in [4.69, 9.17) is 0 Å². The number of fused-ring (bicyclic) bond motifs is 1. The van der Waals surface area contributed by atoms with Gasteiger partial charge < -0.3 is 10.6 Å². The van der Waals surface area contributed by atoms with E-state index in [2.05, 4.69) is 10.6 Å². The quantitative estimate of drug-likeness (QED) is 0.835. The first kappa shape index (κ1) is 15.0. The molecular weight excluding hydrogens is 276 g/mol. The van der Waals surface area contributed by atoms with Crippen LogP contribution in [0.25, 0.3) is 0 Å².